The average Bonchev–Trinajstić information content (AvgIpc) is 2.65. The van der Waals surface area contributed by atoms with Crippen LogP contribution < -0.4 is 4.72 Å². The molecule has 0 aliphatic carbocycles. The van der Waals surface area contributed by atoms with Gasteiger partial charge in [-0.2, -0.15) is 0 Å². The third-order valence-corrected chi connectivity index (χ3v) is 5.00. The standard InChI is InChI=1S/C10H17NO3S2/c1-9-5-6-10(15-9)16(12,13)11-7-3-4-8-14-2/h5-6,11H,3-4,7-8H2,1-2H3. The molecule has 0 saturated heterocycles. The molecule has 1 heterocycles. The minimum Gasteiger partial charge on any atom is -0.385 e. The van der Waals surface area contributed by atoms with E-state index in [4.69, 9.17) is 4.74 Å². The molecule has 16 heavy (non-hydrogen) atoms. The largest absolute Gasteiger partial charge is 0.385 e. The van der Waals surface area contributed by atoms with Crippen LogP contribution in [0.25, 0.3) is 0 Å². The van der Waals surface area contributed by atoms with Crippen molar-refractivity contribution in [2.24, 2.45) is 0 Å². The number of ether oxygens (including phenoxy) is 1. The summed E-state index contributed by atoms with van der Waals surface area (Å²) in [6.45, 7) is 3.02. The van der Waals surface area contributed by atoms with Crippen LogP contribution in [0.3, 0.4) is 0 Å². The van der Waals surface area contributed by atoms with Gasteiger partial charge in [0.15, 0.2) is 0 Å². The molecule has 0 radical (unpaired) electrons. The van der Waals surface area contributed by atoms with Crippen LogP contribution in [0, 0.1) is 6.92 Å². The fraction of sp³-hybridized carbons (Fsp3) is 0.600. The molecule has 0 aliphatic rings. The Kier molecular flexibility index (Phi) is 5.40. The lowest BCUT2D eigenvalue weighted by atomic mass is 10.3. The molecular formula is C10H17NO3S2. The number of thiophene rings is 1. The Labute approximate surface area is 101 Å². The van der Waals surface area contributed by atoms with E-state index < -0.39 is 10.0 Å². The molecule has 0 aliphatic heterocycles. The van der Waals surface area contributed by atoms with Crippen LogP contribution in [0.4, 0.5) is 0 Å². The van der Waals surface area contributed by atoms with Crippen molar-refractivity contribution in [1.29, 1.82) is 0 Å². The van der Waals surface area contributed by atoms with Crippen LogP contribution in [-0.2, 0) is 14.8 Å². The highest BCUT2D eigenvalue weighted by atomic mass is 32.2. The summed E-state index contributed by atoms with van der Waals surface area (Å²) < 4.78 is 31.3. The molecule has 0 aromatic carbocycles. The van der Waals surface area contributed by atoms with E-state index in [2.05, 4.69) is 4.72 Å². The second-order valence-electron chi connectivity index (χ2n) is 3.46. The van der Waals surface area contributed by atoms with E-state index in [9.17, 15) is 8.42 Å². The van der Waals surface area contributed by atoms with Gasteiger partial charge in [0.25, 0.3) is 0 Å². The van der Waals surface area contributed by atoms with Crippen LogP contribution in [0.2, 0.25) is 0 Å². The van der Waals surface area contributed by atoms with Gasteiger partial charge in [0.2, 0.25) is 10.0 Å². The van der Waals surface area contributed by atoms with Crippen LogP contribution in [0.15, 0.2) is 16.3 Å². The highest BCUT2D eigenvalue weighted by molar-refractivity contribution is 7.91. The van der Waals surface area contributed by atoms with Crippen molar-refractivity contribution >= 4 is 21.4 Å². The molecule has 1 aromatic heterocycles. The van der Waals surface area contributed by atoms with Gasteiger partial charge >= 0.3 is 0 Å². The van der Waals surface area contributed by atoms with Crippen molar-refractivity contribution in [1.82, 2.24) is 4.72 Å². The fourth-order valence-electron chi connectivity index (χ4n) is 1.21. The number of sulfonamides is 1. The topological polar surface area (TPSA) is 55.4 Å². The summed E-state index contributed by atoms with van der Waals surface area (Å²) in [5, 5.41) is 0. The highest BCUT2D eigenvalue weighted by Gasteiger charge is 2.14. The minimum atomic E-state index is -3.30. The summed E-state index contributed by atoms with van der Waals surface area (Å²) in [5.41, 5.74) is 0. The molecule has 1 rings (SSSR count). The van der Waals surface area contributed by atoms with E-state index in [0.717, 1.165) is 17.7 Å². The monoisotopic (exact) mass is 263 g/mol. The van der Waals surface area contributed by atoms with Gasteiger partial charge in [-0.3, -0.25) is 0 Å². The van der Waals surface area contributed by atoms with Crippen molar-refractivity contribution in [3.8, 4) is 0 Å². The first-order valence-corrected chi connectivity index (χ1v) is 7.41. The lowest BCUT2D eigenvalue weighted by Gasteiger charge is -2.04. The summed E-state index contributed by atoms with van der Waals surface area (Å²) in [5.74, 6) is 0. The Morgan fingerprint density at radius 2 is 2.12 bits per heavy atom. The zero-order valence-electron chi connectivity index (χ0n) is 9.52. The molecule has 0 saturated carbocycles. The molecule has 0 spiro atoms. The molecule has 92 valence electrons. The van der Waals surface area contributed by atoms with Crippen LogP contribution in [0.1, 0.15) is 17.7 Å². The molecule has 6 heteroatoms. The predicted octanol–water partition coefficient (Wildman–Crippen LogP) is 1.76. The Hall–Kier alpha value is -0.430. The summed E-state index contributed by atoms with van der Waals surface area (Å²) in [4.78, 5) is 1.000. The van der Waals surface area contributed by atoms with E-state index in [0.29, 0.717) is 17.4 Å². The van der Waals surface area contributed by atoms with Crippen molar-refractivity contribution in [2.45, 2.75) is 24.0 Å². The third kappa shape index (κ3) is 4.21. The maximum atomic E-state index is 11.7. The molecule has 0 amide bonds. The van der Waals surface area contributed by atoms with E-state index in [1.165, 1.54) is 11.3 Å². The van der Waals surface area contributed by atoms with Crippen molar-refractivity contribution in [3.05, 3.63) is 17.0 Å². The van der Waals surface area contributed by atoms with Crippen LogP contribution in [0.5, 0.6) is 0 Å². The van der Waals surface area contributed by atoms with Gasteiger partial charge in [-0.15, -0.1) is 11.3 Å². The number of hydrogen-bond acceptors (Lipinski definition) is 4. The van der Waals surface area contributed by atoms with Gasteiger partial charge in [0, 0.05) is 25.1 Å². The van der Waals surface area contributed by atoms with Gasteiger partial charge in [-0.1, -0.05) is 0 Å². The van der Waals surface area contributed by atoms with Gasteiger partial charge in [0.05, 0.1) is 0 Å². The second-order valence-corrected chi connectivity index (χ2v) is 6.74. The molecule has 1 N–H and O–H groups in total. The molecule has 1 aromatic rings. The SMILES string of the molecule is COCCCCNS(=O)(=O)c1ccc(C)s1. The summed E-state index contributed by atoms with van der Waals surface area (Å²) in [7, 11) is -1.66. The van der Waals surface area contributed by atoms with E-state index in [-0.39, 0.29) is 0 Å². The Morgan fingerprint density at radius 1 is 1.38 bits per heavy atom. The summed E-state index contributed by atoms with van der Waals surface area (Å²) in [6, 6.07) is 3.45. The van der Waals surface area contributed by atoms with Gasteiger partial charge in [-0.25, -0.2) is 13.1 Å². The van der Waals surface area contributed by atoms with Crippen LogP contribution >= 0.6 is 11.3 Å². The number of rotatable bonds is 7. The maximum Gasteiger partial charge on any atom is 0.250 e. The van der Waals surface area contributed by atoms with E-state index >= 15 is 0 Å². The molecule has 0 fully saturated rings. The molecule has 0 bridgehead atoms. The Bertz CT molecular complexity index is 411. The second kappa shape index (κ2) is 6.34. The summed E-state index contributed by atoms with van der Waals surface area (Å²) in [6.07, 6.45) is 1.65. The first-order chi connectivity index (χ1) is 7.56. The fourth-order valence-corrected chi connectivity index (χ4v) is 3.61. The number of nitrogens with one attached hydrogen (secondary N) is 1. The lowest BCUT2D eigenvalue weighted by Crippen LogP contribution is -2.24. The number of aryl methyl sites for hydroxylation is 1. The number of hydrogen-bond donors (Lipinski definition) is 1. The van der Waals surface area contributed by atoms with Crippen molar-refractivity contribution < 1.29 is 13.2 Å². The van der Waals surface area contributed by atoms with Gasteiger partial charge < -0.3 is 4.74 Å². The smallest absolute Gasteiger partial charge is 0.250 e. The molecule has 4 nitrogen and oxygen atoms in total. The molecule has 0 atom stereocenters. The zero-order valence-corrected chi connectivity index (χ0v) is 11.2. The Morgan fingerprint density at radius 3 is 2.69 bits per heavy atom. The summed E-state index contributed by atoms with van der Waals surface area (Å²) >= 11 is 1.29. The maximum absolute atomic E-state index is 11.7. The van der Waals surface area contributed by atoms with E-state index in [1.54, 1.807) is 13.2 Å². The first kappa shape index (κ1) is 13.6. The highest BCUT2D eigenvalue weighted by Crippen LogP contribution is 2.20. The number of unbranched alkanes of at least 4 members (excludes halogenated alkanes) is 1. The first-order valence-electron chi connectivity index (χ1n) is 5.11. The molecular weight excluding hydrogens is 246 g/mol. The average molecular weight is 263 g/mol. The minimum absolute atomic E-state index is 0.386. The molecule has 0 unspecified atom stereocenters. The van der Waals surface area contributed by atoms with Crippen molar-refractivity contribution in [3.63, 3.8) is 0 Å². The van der Waals surface area contributed by atoms with Gasteiger partial charge in [-0.05, 0) is 31.9 Å². The van der Waals surface area contributed by atoms with Crippen LogP contribution in [-0.4, -0.2) is 28.7 Å². The van der Waals surface area contributed by atoms with Crippen molar-refractivity contribution in [2.75, 3.05) is 20.3 Å². The predicted molar refractivity (Wildman–Crippen MR) is 65.4 cm³/mol. The number of methoxy groups -OCH3 is 1. The zero-order chi connectivity index (χ0) is 12.0. The normalized spacial score (nSPS) is 11.9. The quantitative estimate of drug-likeness (QED) is 0.763. The van der Waals surface area contributed by atoms with E-state index in [1.807, 2.05) is 13.0 Å². The third-order valence-electron chi connectivity index (χ3n) is 2.05. The van der Waals surface area contributed by atoms with Gasteiger partial charge in [0.1, 0.15) is 4.21 Å². The Balaban J connectivity index is 2.41. The lowest BCUT2D eigenvalue weighted by molar-refractivity contribution is 0.193.